The highest BCUT2D eigenvalue weighted by molar-refractivity contribution is 5.56. The Kier molecular flexibility index (Phi) is 4.20. The Bertz CT molecular complexity index is 853. The third kappa shape index (κ3) is 3.64. The molecule has 0 aliphatic rings. The molecule has 0 spiro atoms. The summed E-state index contributed by atoms with van der Waals surface area (Å²) in [5.74, 6) is 7.19. The molecule has 0 saturated carbocycles. The number of hydrogen-bond acceptors (Lipinski definition) is 3. The highest BCUT2D eigenvalue weighted by Gasteiger charge is 2.10. The molecular formula is C19H15FN2O. The van der Waals surface area contributed by atoms with E-state index in [-0.39, 0.29) is 11.7 Å². The molecule has 0 atom stereocenters. The van der Waals surface area contributed by atoms with Gasteiger partial charge in [-0.25, -0.2) is 4.39 Å². The predicted molar refractivity (Wildman–Crippen MR) is 86.2 cm³/mol. The zero-order chi connectivity index (χ0) is 16.2. The van der Waals surface area contributed by atoms with Gasteiger partial charge in [0, 0.05) is 22.6 Å². The molecule has 0 radical (unpaired) electrons. The summed E-state index contributed by atoms with van der Waals surface area (Å²) in [6.07, 6.45) is 0. The van der Waals surface area contributed by atoms with Crippen LogP contribution >= 0.6 is 0 Å². The summed E-state index contributed by atoms with van der Waals surface area (Å²) in [5.41, 5.74) is 2.52. The highest BCUT2D eigenvalue weighted by Crippen LogP contribution is 2.19. The van der Waals surface area contributed by atoms with Gasteiger partial charge in [0.05, 0.1) is 0 Å². The predicted octanol–water partition coefficient (Wildman–Crippen LogP) is 4.40. The molecule has 3 rings (SSSR count). The number of rotatable bonds is 2. The van der Waals surface area contributed by atoms with E-state index in [0.717, 1.165) is 16.7 Å². The summed E-state index contributed by atoms with van der Waals surface area (Å²) in [4.78, 5) is 4.36. The maximum Gasteiger partial charge on any atom is 0.229 e. The quantitative estimate of drug-likeness (QED) is 0.659. The fourth-order valence-corrected chi connectivity index (χ4v) is 1.97. The smallest absolute Gasteiger partial charge is 0.229 e. The molecule has 0 amide bonds. The first kappa shape index (κ1) is 15.0. The van der Waals surface area contributed by atoms with E-state index < -0.39 is 0 Å². The number of benzene rings is 2. The van der Waals surface area contributed by atoms with Gasteiger partial charge in [-0.2, -0.15) is 4.98 Å². The van der Waals surface area contributed by atoms with Crippen LogP contribution in [0.4, 0.5) is 4.39 Å². The third-order valence-corrected chi connectivity index (χ3v) is 3.27. The van der Waals surface area contributed by atoms with E-state index in [2.05, 4.69) is 22.0 Å². The van der Waals surface area contributed by atoms with E-state index in [9.17, 15) is 4.39 Å². The molecule has 114 valence electrons. The summed E-state index contributed by atoms with van der Waals surface area (Å²) in [6.45, 7) is 4.01. The zero-order valence-corrected chi connectivity index (χ0v) is 12.9. The molecule has 23 heavy (non-hydrogen) atoms. The second kappa shape index (κ2) is 6.45. The third-order valence-electron chi connectivity index (χ3n) is 3.27. The first-order valence-corrected chi connectivity index (χ1v) is 7.33. The lowest BCUT2D eigenvalue weighted by Crippen LogP contribution is -1.87. The van der Waals surface area contributed by atoms with Gasteiger partial charge in [-0.3, -0.25) is 0 Å². The Balaban J connectivity index is 1.78. The van der Waals surface area contributed by atoms with Crippen LogP contribution in [-0.2, 0) is 0 Å². The summed E-state index contributed by atoms with van der Waals surface area (Å²) in [5, 5.41) is 3.98. The van der Waals surface area contributed by atoms with Gasteiger partial charge in [0.1, 0.15) is 5.82 Å². The SMILES string of the molecule is CC(C)c1nc(-c2ccc(C#Cc3ccc(F)cc3)cc2)no1. The molecule has 0 fully saturated rings. The van der Waals surface area contributed by atoms with Crippen LogP contribution in [0.15, 0.2) is 53.1 Å². The van der Waals surface area contributed by atoms with Gasteiger partial charge in [-0.05, 0) is 48.5 Å². The zero-order valence-electron chi connectivity index (χ0n) is 12.9. The molecule has 0 aliphatic heterocycles. The van der Waals surface area contributed by atoms with Crippen molar-refractivity contribution in [2.24, 2.45) is 0 Å². The summed E-state index contributed by atoms with van der Waals surface area (Å²) in [7, 11) is 0. The average Bonchev–Trinajstić information content (AvgIpc) is 3.05. The molecular weight excluding hydrogens is 291 g/mol. The summed E-state index contributed by atoms with van der Waals surface area (Å²) >= 11 is 0. The van der Waals surface area contributed by atoms with Crippen molar-refractivity contribution >= 4 is 0 Å². The van der Waals surface area contributed by atoms with Gasteiger partial charge in [-0.1, -0.05) is 30.8 Å². The summed E-state index contributed by atoms with van der Waals surface area (Å²) in [6, 6.07) is 13.7. The fourth-order valence-electron chi connectivity index (χ4n) is 1.97. The van der Waals surface area contributed by atoms with Gasteiger partial charge >= 0.3 is 0 Å². The van der Waals surface area contributed by atoms with E-state index in [4.69, 9.17) is 4.52 Å². The maximum absolute atomic E-state index is 12.8. The van der Waals surface area contributed by atoms with Gasteiger partial charge < -0.3 is 4.52 Å². The lowest BCUT2D eigenvalue weighted by atomic mass is 10.1. The fraction of sp³-hybridized carbons (Fsp3) is 0.158. The van der Waals surface area contributed by atoms with Crippen LogP contribution in [0.1, 0.15) is 36.8 Å². The Hall–Kier alpha value is -2.93. The standard InChI is InChI=1S/C19H15FN2O/c1-13(2)19-21-18(22-23-19)16-9-5-14(6-10-16)3-4-15-7-11-17(20)12-8-15/h5-13H,1-2H3. The molecule has 1 heterocycles. The minimum Gasteiger partial charge on any atom is -0.339 e. The molecule has 0 bridgehead atoms. The molecule has 0 N–H and O–H groups in total. The van der Waals surface area contributed by atoms with E-state index in [1.165, 1.54) is 12.1 Å². The number of halogens is 1. The minimum atomic E-state index is -0.263. The molecule has 4 heteroatoms. The van der Waals surface area contributed by atoms with Crippen LogP contribution in [0.2, 0.25) is 0 Å². The van der Waals surface area contributed by atoms with Crippen molar-refractivity contribution in [1.82, 2.24) is 10.1 Å². The van der Waals surface area contributed by atoms with Crippen molar-refractivity contribution in [1.29, 1.82) is 0 Å². The highest BCUT2D eigenvalue weighted by atomic mass is 19.1. The first-order valence-electron chi connectivity index (χ1n) is 7.33. The molecule has 3 aromatic rings. The number of nitrogens with zero attached hydrogens (tertiary/aromatic N) is 2. The molecule has 0 unspecified atom stereocenters. The normalized spacial score (nSPS) is 10.4. The van der Waals surface area contributed by atoms with Gasteiger partial charge in [-0.15, -0.1) is 0 Å². The van der Waals surface area contributed by atoms with E-state index in [1.807, 2.05) is 38.1 Å². The van der Waals surface area contributed by atoms with Gasteiger partial charge in [0.2, 0.25) is 11.7 Å². The number of hydrogen-bond donors (Lipinski definition) is 0. The Morgan fingerprint density at radius 3 is 2.00 bits per heavy atom. The largest absolute Gasteiger partial charge is 0.339 e. The first-order chi connectivity index (χ1) is 11.1. The van der Waals surface area contributed by atoms with Crippen molar-refractivity contribution in [3.05, 3.63) is 71.4 Å². The molecule has 2 aromatic carbocycles. The van der Waals surface area contributed by atoms with Crippen molar-refractivity contribution in [3.63, 3.8) is 0 Å². The van der Waals surface area contributed by atoms with Crippen LogP contribution in [0, 0.1) is 17.7 Å². The van der Waals surface area contributed by atoms with Crippen LogP contribution in [0.25, 0.3) is 11.4 Å². The lowest BCUT2D eigenvalue weighted by molar-refractivity contribution is 0.365. The second-order valence-corrected chi connectivity index (χ2v) is 5.45. The van der Waals surface area contributed by atoms with Crippen molar-refractivity contribution < 1.29 is 8.91 Å². The van der Waals surface area contributed by atoms with Crippen LogP contribution in [0.5, 0.6) is 0 Å². The monoisotopic (exact) mass is 306 g/mol. The van der Waals surface area contributed by atoms with Gasteiger partial charge in [0.15, 0.2) is 0 Å². The van der Waals surface area contributed by atoms with E-state index >= 15 is 0 Å². The van der Waals surface area contributed by atoms with Crippen molar-refractivity contribution in [3.8, 4) is 23.2 Å². The van der Waals surface area contributed by atoms with Gasteiger partial charge in [0.25, 0.3) is 0 Å². The Labute approximate surface area is 134 Å². The maximum atomic E-state index is 12.8. The molecule has 0 saturated heterocycles. The van der Waals surface area contributed by atoms with Crippen LogP contribution in [0.3, 0.4) is 0 Å². The van der Waals surface area contributed by atoms with Crippen LogP contribution < -0.4 is 0 Å². The van der Waals surface area contributed by atoms with E-state index in [0.29, 0.717) is 11.7 Å². The Morgan fingerprint density at radius 2 is 1.48 bits per heavy atom. The van der Waals surface area contributed by atoms with E-state index in [1.54, 1.807) is 12.1 Å². The second-order valence-electron chi connectivity index (χ2n) is 5.45. The minimum absolute atomic E-state index is 0.206. The Morgan fingerprint density at radius 1 is 0.913 bits per heavy atom. The van der Waals surface area contributed by atoms with Crippen molar-refractivity contribution in [2.45, 2.75) is 19.8 Å². The average molecular weight is 306 g/mol. The van der Waals surface area contributed by atoms with Crippen LogP contribution in [-0.4, -0.2) is 10.1 Å². The topological polar surface area (TPSA) is 38.9 Å². The molecule has 3 nitrogen and oxygen atoms in total. The summed E-state index contributed by atoms with van der Waals surface area (Å²) < 4.78 is 18.0. The number of aromatic nitrogens is 2. The molecule has 0 aliphatic carbocycles. The molecule has 1 aromatic heterocycles. The van der Waals surface area contributed by atoms with Crippen molar-refractivity contribution in [2.75, 3.05) is 0 Å². The lowest BCUT2D eigenvalue weighted by Gasteiger charge is -1.95.